The first-order chi connectivity index (χ1) is 16.6. The molecule has 1 aliphatic heterocycles. The van der Waals surface area contributed by atoms with Gasteiger partial charge in [-0.15, -0.1) is 0 Å². The monoisotopic (exact) mass is 458 g/mol. The SMILES string of the molecule is COc1cc(OC)c(F)c(N(CC2=CCC=N2)c2ccc3ncc(-c4ccn(C)c4)nc3n2)c1. The molecule has 0 fully saturated rings. The van der Waals surface area contributed by atoms with Gasteiger partial charge in [0.2, 0.25) is 0 Å². The minimum atomic E-state index is -0.517. The summed E-state index contributed by atoms with van der Waals surface area (Å²) in [6.45, 7) is 0.314. The molecule has 0 unspecified atom stereocenters. The third kappa shape index (κ3) is 4.07. The second-order valence-electron chi connectivity index (χ2n) is 7.82. The predicted molar refractivity (Wildman–Crippen MR) is 129 cm³/mol. The quantitative estimate of drug-likeness (QED) is 0.400. The summed E-state index contributed by atoms with van der Waals surface area (Å²) >= 11 is 0. The van der Waals surface area contributed by atoms with E-state index in [9.17, 15) is 0 Å². The molecule has 0 bridgehead atoms. The molecule has 4 aromatic rings. The van der Waals surface area contributed by atoms with Crippen LogP contribution in [-0.2, 0) is 7.05 Å². The van der Waals surface area contributed by atoms with E-state index in [0.29, 0.717) is 35.0 Å². The molecule has 0 saturated heterocycles. The molecule has 4 heterocycles. The summed E-state index contributed by atoms with van der Waals surface area (Å²) in [4.78, 5) is 20.1. The van der Waals surface area contributed by atoms with Crippen molar-refractivity contribution in [1.29, 1.82) is 0 Å². The molecule has 8 nitrogen and oxygen atoms in total. The van der Waals surface area contributed by atoms with E-state index in [-0.39, 0.29) is 11.4 Å². The van der Waals surface area contributed by atoms with Crippen LogP contribution >= 0.6 is 0 Å². The maximum atomic E-state index is 15.5. The average molecular weight is 458 g/mol. The molecule has 0 aliphatic carbocycles. The fourth-order valence-corrected chi connectivity index (χ4v) is 3.82. The number of benzene rings is 1. The van der Waals surface area contributed by atoms with Gasteiger partial charge in [-0.1, -0.05) is 6.08 Å². The Morgan fingerprint density at radius 1 is 1.12 bits per heavy atom. The number of anilines is 2. The third-order valence-electron chi connectivity index (χ3n) is 5.57. The molecule has 0 atom stereocenters. The molecule has 0 spiro atoms. The topological polar surface area (TPSA) is 77.7 Å². The van der Waals surface area contributed by atoms with E-state index in [1.54, 1.807) is 23.2 Å². The van der Waals surface area contributed by atoms with E-state index in [1.165, 1.54) is 20.3 Å². The molecule has 1 aliphatic rings. The first kappa shape index (κ1) is 21.6. The minimum absolute atomic E-state index is 0.0789. The number of ether oxygens (including phenoxy) is 2. The summed E-state index contributed by atoms with van der Waals surface area (Å²) in [5.74, 6) is 0.533. The second-order valence-corrected chi connectivity index (χ2v) is 7.82. The van der Waals surface area contributed by atoms with Gasteiger partial charge in [0.1, 0.15) is 17.1 Å². The molecule has 5 rings (SSSR count). The molecule has 1 aromatic carbocycles. The molecule has 9 heteroatoms. The Labute approximate surface area is 196 Å². The fraction of sp³-hybridized carbons (Fsp3) is 0.200. The second kappa shape index (κ2) is 8.93. The van der Waals surface area contributed by atoms with Crippen LogP contribution in [0.1, 0.15) is 6.42 Å². The number of rotatable bonds is 7. The van der Waals surface area contributed by atoms with Crippen molar-refractivity contribution in [2.45, 2.75) is 6.42 Å². The van der Waals surface area contributed by atoms with Gasteiger partial charge in [0.15, 0.2) is 17.2 Å². The number of allylic oxidation sites excluding steroid dienone is 1. The first-order valence-corrected chi connectivity index (χ1v) is 10.7. The van der Waals surface area contributed by atoms with E-state index in [4.69, 9.17) is 19.4 Å². The number of hydrogen-bond acceptors (Lipinski definition) is 7. The van der Waals surface area contributed by atoms with Crippen molar-refractivity contribution in [1.82, 2.24) is 19.5 Å². The zero-order valence-electron chi connectivity index (χ0n) is 19.1. The molecule has 172 valence electrons. The molecule has 0 amide bonds. The molecular weight excluding hydrogens is 435 g/mol. The summed E-state index contributed by atoms with van der Waals surface area (Å²) in [6, 6.07) is 8.72. The van der Waals surface area contributed by atoms with Crippen LogP contribution < -0.4 is 14.4 Å². The van der Waals surface area contributed by atoms with Gasteiger partial charge >= 0.3 is 0 Å². The molecule has 0 radical (unpaired) electrons. The van der Waals surface area contributed by atoms with Gasteiger partial charge in [0.25, 0.3) is 0 Å². The predicted octanol–water partition coefficient (Wildman–Crippen LogP) is 4.68. The number of aliphatic imine (C=N–C) groups is 1. The highest BCUT2D eigenvalue weighted by molar-refractivity contribution is 5.77. The van der Waals surface area contributed by atoms with Crippen LogP contribution in [0.2, 0.25) is 0 Å². The van der Waals surface area contributed by atoms with Gasteiger partial charge in [-0.3, -0.25) is 9.98 Å². The Morgan fingerprint density at radius 3 is 2.71 bits per heavy atom. The third-order valence-corrected chi connectivity index (χ3v) is 5.57. The lowest BCUT2D eigenvalue weighted by atomic mass is 10.2. The molecule has 34 heavy (non-hydrogen) atoms. The van der Waals surface area contributed by atoms with Gasteiger partial charge in [0.05, 0.1) is 44.0 Å². The number of fused-ring (bicyclic) bond motifs is 1. The van der Waals surface area contributed by atoms with Gasteiger partial charge in [-0.25, -0.2) is 14.4 Å². The van der Waals surface area contributed by atoms with E-state index in [2.05, 4.69) is 9.98 Å². The molecule has 0 N–H and O–H groups in total. The Bertz CT molecular complexity index is 1430. The molecular formula is C25H23FN6O2. The van der Waals surface area contributed by atoms with Crippen LogP contribution in [0, 0.1) is 5.82 Å². The van der Waals surface area contributed by atoms with Gasteiger partial charge in [0, 0.05) is 49.8 Å². The first-order valence-electron chi connectivity index (χ1n) is 10.7. The zero-order valence-corrected chi connectivity index (χ0v) is 19.1. The standard InChI is InChI=1S/C25H23FN6O2/c1-31-10-8-16(14-31)20-13-28-19-6-7-23(30-25(19)29-20)32(15-17-5-4-9-27-17)21-11-18(33-2)12-22(34-3)24(21)26/h5-14H,4,15H2,1-3H3. The number of nitrogens with zero attached hydrogens (tertiary/aromatic N) is 6. The average Bonchev–Trinajstić information content (AvgIpc) is 3.54. The van der Waals surface area contributed by atoms with Crippen molar-refractivity contribution in [3.05, 3.63) is 66.5 Å². The van der Waals surface area contributed by atoms with Crippen molar-refractivity contribution < 1.29 is 13.9 Å². The maximum absolute atomic E-state index is 15.5. The van der Waals surface area contributed by atoms with Crippen LogP contribution in [0.25, 0.3) is 22.4 Å². The molecule has 0 saturated carbocycles. The van der Waals surface area contributed by atoms with E-state index in [1.807, 2.05) is 48.4 Å². The highest BCUT2D eigenvalue weighted by Crippen LogP contribution is 2.37. The summed E-state index contributed by atoms with van der Waals surface area (Å²) in [5, 5.41) is 0. The number of halogens is 1. The Balaban J connectivity index is 1.64. The minimum Gasteiger partial charge on any atom is -0.497 e. The Hall–Kier alpha value is -4.27. The Morgan fingerprint density at radius 2 is 2.00 bits per heavy atom. The van der Waals surface area contributed by atoms with Crippen molar-refractivity contribution in [2.75, 3.05) is 25.7 Å². The van der Waals surface area contributed by atoms with Crippen LogP contribution in [0.3, 0.4) is 0 Å². The van der Waals surface area contributed by atoms with Crippen LogP contribution in [0.4, 0.5) is 15.9 Å². The normalized spacial score (nSPS) is 12.8. The highest BCUT2D eigenvalue weighted by Gasteiger charge is 2.22. The number of pyridine rings is 1. The van der Waals surface area contributed by atoms with E-state index < -0.39 is 5.82 Å². The summed E-state index contributed by atoms with van der Waals surface area (Å²) in [6.07, 6.45) is 10.2. The van der Waals surface area contributed by atoms with E-state index in [0.717, 1.165) is 17.7 Å². The Kier molecular flexibility index (Phi) is 5.67. The van der Waals surface area contributed by atoms with Crippen molar-refractivity contribution in [3.63, 3.8) is 0 Å². The number of hydrogen-bond donors (Lipinski definition) is 0. The zero-order chi connectivity index (χ0) is 23.7. The maximum Gasteiger partial charge on any atom is 0.188 e. The van der Waals surface area contributed by atoms with Gasteiger partial charge < -0.3 is 18.9 Å². The van der Waals surface area contributed by atoms with Crippen molar-refractivity contribution >= 4 is 28.9 Å². The lowest BCUT2D eigenvalue weighted by Crippen LogP contribution is -2.22. The van der Waals surface area contributed by atoms with Crippen molar-refractivity contribution in [3.8, 4) is 22.8 Å². The number of methoxy groups -OCH3 is 2. The molecule has 3 aromatic heterocycles. The summed E-state index contributed by atoms with van der Waals surface area (Å²) in [7, 11) is 4.90. The number of aryl methyl sites for hydroxylation is 1. The van der Waals surface area contributed by atoms with Crippen molar-refractivity contribution in [2.24, 2.45) is 12.0 Å². The lowest BCUT2D eigenvalue weighted by molar-refractivity contribution is 0.374. The number of aromatic nitrogens is 4. The fourth-order valence-electron chi connectivity index (χ4n) is 3.82. The summed E-state index contributed by atoms with van der Waals surface area (Å²) < 4.78 is 28.0. The largest absolute Gasteiger partial charge is 0.497 e. The van der Waals surface area contributed by atoms with E-state index >= 15 is 4.39 Å². The van der Waals surface area contributed by atoms with Gasteiger partial charge in [-0.05, 0) is 18.2 Å². The smallest absolute Gasteiger partial charge is 0.188 e. The van der Waals surface area contributed by atoms with Gasteiger partial charge in [-0.2, -0.15) is 0 Å². The van der Waals surface area contributed by atoms with Crippen LogP contribution in [-0.4, -0.2) is 46.5 Å². The highest BCUT2D eigenvalue weighted by atomic mass is 19.1. The van der Waals surface area contributed by atoms with Crippen LogP contribution in [0.15, 0.2) is 65.7 Å². The lowest BCUT2D eigenvalue weighted by Gasteiger charge is -2.25. The van der Waals surface area contributed by atoms with Crippen LogP contribution in [0.5, 0.6) is 11.5 Å². The summed E-state index contributed by atoms with van der Waals surface area (Å²) in [5.41, 5.74) is 3.83.